The van der Waals surface area contributed by atoms with E-state index in [4.69, 9.17) is 4.74 Å². The predicted molar refractivity (Wildman–Crippen MR) is 152 cm³/mol. The molecule has 0 amide bonds. The first kappa shape index (κ1) is 24.8. The number of hydrogen-bond acceptors (Lipinski definition) is 5. The fraction of sp³-hybridized carbons (Fsp3) is 0.172. The maximum Gasteiger partial charge on any atom is 0.341 e. The van der Waals surface area contributed by atoms with Gasteiger partial charge in [0.25, 0.3) is 0 Å². The van der Waals surface area contributed by atoms with Crippen molar-refractivity contribution in [2.45, 2.75) is 30.7 Å². The number of carbonyl (C=O) groups excluding carboxylic acids is 2. The van der Waals surface area contributed by atoms with Crippen molar-refractivity contribution in [2.75, 3.05) is 6.61 Å². The lowest BCUT2D eigenvalue weighted by molar-refractivity contribution is 0.0531. The zero-order valence-corrected chi connectivity index (χ0v) is 23.4. The summed E-state index contributed by atoms with van der Waals surface area (Å²) in [5.74, 6) is 0.251. The molecule has 3 aromatic heterocycles. The molecule has 182 valence electrons. The second kappa shape index (κ2) is 10.2. The van der Waals surface area contributed by atoms with E-state index in [9.17, 15) is 9.59 Å². The van der Waals surface area contributed by atoms with Crippen LogP contribution in [0.4, 0.5) is 0 Å². The summed E-state index contributed by atoms with van der Waals surface area (Å²) in [5, 5.41) is 0.670. The summed E-state index contributed by atoms with van der Waals surface area (Å²) in [4.78, 5) is 27.6. The standard InChI is InChI=1S/C29H24BrNO3S2/c1-4-34-28(33)23-22-15-18(3)13-14-31(22)25-24(23)27(26(32)20-9-11-21(30)12-10-20)36-29(25)35-16-19-7-5-17(2)6-8-19/h5-15H,4,16H2,1-3H3. The van der Waals surface area contributed by atoms with Gasteiger partial charge in [-0.15, -0.1) is 23.1 Å². The number of thioether (sulfide) groups is 1. The van der Waals surface area contributed by atoms with Crippen LogP contribution in [0.1, 0.15) is 49.2 Å². The summed E-state index contributed by atoms with van der Waals surface area (Å²) in [6.45, 7) is 6.13. The number of rotatable bonds is 7. The molecule has 0 aliphatic carbocycles. The molecule has 0 N–H and O–H groups in total. The van der Waals surface area contributed by atoms with Gasteiger partial charge < -0.3 is 9.14 Å². The Hall–Kier alpha value is -2.87. The molecule has 7 heteroatoms. The van der Waals surface area contributed by atoms with Crippen molar-refractivity contribution in [3.05, 3.63) is 104 Å². The van der Waals surface area contributed by atoms with E-state index >= 15 is 0 Å². The van der Waals surface area contributed by atoms with Crippen LogP contribution in [-0.4, -0.2) is 22.8 Å². The van der Waals surface area contributed by atoms with E-state index in [1.165, 1.54) is 22.5 Å². The number of esters is 1. The smallest absolute Gasteiger partial charge is 0.341 e. The molecule has 0 aliphatic rings. The Bertz CT molecular complexity index is 1600. The highest BCUT2D eigenvalue weighted by Gasteiger charge is 2.29. The summed E-state index contributed by atoms with van der Waals surface area (Å²) in [5.41, 5.74) is 6.13. The zero-order chi connectivity index (χ0) is 25.4. The fourth-order valence-corrected chi connectivity index (χ4v) is 6.95. The van der Waals surface area contributed by atoms with Crippen LogP contribution in [0.3, 0.4) is 0 Å². The van der Waals surface area contributed by atoms with Gasteiger partial charge in [-0.3, -0.25) is 4.79 Å². The van der Waals surface area contributed by atoms with Crippen LogP contribution in [0, 0.1) is 13.8 Å². The molecular weight excluding hydrogens is 554 g/mol. The van der Waals surface area contributed by atoms with Crippen molar-refractivity contribution in [3.8, 4) is 0 Å². The molecule has 0 atom stereocenters. The van der Waals surface area contributed by atoms with Gasteiger partial charge in [0.15, 0.2) is 0 Å². The number of hydrogen-bond donors (Lipinski definition) is 0. The van der Waals surface area contributed by atoms with E-state index in [2.05, 4.69) is 47.1 Å². The van der Waals surface area contributed by atoms with Crippen LogP contribution >= 0.6 is 39.0 Å². The largest absolute Gasteiger partial charge is 0.462 e. The van der Waals surface area contributed by atoms with Crippen molar-refractivity contribution < 1.29 is 14.3 Å². The number of benzene rings is 2. The molecule has 2 aromatic carbocycles. The molecule has 0 radical (unpaired) electrons. The van der Waals surface area contributed by atoms with E-state index < -0.39 is 5.97 Å². The van der Waals surface area contributed by atoms with Gasteiger partial charge in [-0.1, -0.05) is 45.8 Å². The summed E-state index contributed by atoms with van der Waals surface area (Å²) >= 11 is 6.58. The average Bonchev–Trinajstić information content (AvgIpc) is 3.39. The Morgan fingerprint density at radius 2 is 1.72 bits per heavy atom. The maximum atomic E-state index is 13.8. The fourth-order valence-electron chi connectivity index (χ4n) is 4.21. The second-order valence-electron chi connectivity index (χ2n) is 8.61. The predicted octanol–water partition coefficient (Wildman–Crippen LogP) is 8.23. The summed E-state index contributed by atoms with van der Waals surface area (Å²) in [6, 6.07) is 19.8. The SMILES string of the molecule is CCOC(=O)c1c2c(C(=O)c3ccc(Br)cc3)sc(SCc3ccc(C)cc3)c2n2ccc(C)cc12. The Kier molecular flexibility index (Phi) is 7.06. The van der Waals surface area contributed by atoms with E-state index in [1.807, 2.05) is 41.8 Å². The van der Waals surface area contributed by atoms with Crippen molar-refractivity contribution >= 4 is 67.2 Å². The maximum absolute atomic E-state index is 13.8. The van der Waals surface area contributed by atoms with Crippen LogP contribution in [0.2, 0.25) is 0 Å². The minimum Gasteiger partial charge on any atom is -0.462 e. The molecule has 36 heavy (non-hydrogen) atoms. The number of ether oxygens (including phenoxy) is 1. The molecule has 0 bridgehead atoms. The van der Waals surface area contributed by atoms with Crippen LogP contribution in [0.15, 0.2) is 75.5 Å². The van der Waals surface area contributed by atoms with Gasteiger partial charge >= 0.3 is 5.97 Å². The molecule has 0 aliphatic heterocycles. The normalized spacial score (nSPS) is 11.3. The number of aryl methyl sites for hydroxylation is 2. The number of fused-ring (bicyclic) bond motifs is 3. The van der Waals surface area contributed by atoms with Crippen LogP contribution in [0.25, 0.3) is 16.4 Å². The quantitative estimate of drug-likeness (QED) is 0.111. The third-order valence-electron chi connectivity index (χ3n) is 5.99. The second-order valence-corrected chi connectivity index (χ2v) is 11.8. The van der Waals surface area contributed by atoms with Gasteiger partial charge in [-0.2, -0.15) is 0 Å². The van der Waals surface area contributed by atoms with Gasteiger partial charge in [-0.25, -0.2) is 4.79 Å². The number of pyridine rings is 1. The number of nitrogens with zero attached hydrogens (tertiary/aromatic N) is 1. The lowest BCUT2D eigenvalue weighted by atomic mass is 10.1. The van der Waals surface area contributed by atoms with Crippen molar-refractivity contribution in [1.29, 1.82) is 0 Å². The van der Waals surface area contributed by atoms with Crippen molar-refractivity contribution in [1.82, 2.24) is 4.40 Å². The third kappa shape index (κ3) is 4.63. The first-order valence-electron chi connectivity index (χ1n) is 11.6. The number of carbonyl (C=O) groups is 2. The van der Waals surface area contributed by atoms with Crippen molar-refractivity contribution in [3.63, 3.8) is 0 Å². The van der Waals surface area contributed by atoms with Gasteiger partial charge in [0, 0.05) is 27.4 Å². The van der Waals surface area contributed by atoms with E-state index in [0.717, 1.165) is 31.0 Å². The molecule has 4 nitrogen and oxygen atoms in total. The van der Waals surface area contributed by atoms with Gasteiger partial charge in [-0.05, 0) is 68.3 Å². The summed E-state index contributed by atoms with van der Waals surface area (Å²) < 4.78 is 9.41. The number of ketones is 1. The highest BCUT2D eigenvalue weighted by molar-refractivity contribution is 9.10. The molecule has 5 aromatic rings. The first-order valence-corrected chi connectivity index (χ1v) is 14.2. The Morgan fingerprint density at radius 1 is 1.00 bits per heavy atom. The van der Waals surface area contributed by atoms with Crippen LogP contribution in [0.5, 0.6) is 0 Å². The first-order chi connectivity index (χ1) is 17.4. The minimum absolute atomic E-state index is 0.0992. The van der Waals surface area contributed by atoms with Crippen LogP contribution < -0.4 is 0 Å². The summed E-state index contributed by atoms with van der Waals surface area (Å²) in [6.07, 6.45) is 1.98. The molecular formula is C29H24BrNO3S2. The highest BCUT2D eigenvalue weighted by Crippen LogP contribution is 2.44. The topological polar surface area (TPSA) is 47.8 Å². The number of thiophene rings is 1. The van der Waals surface area contributed by atoms with Gasteiger partial charge in [0.05, 0.1) is 32.3 Å². The highest BCUT2D eigenvalue weighted by atomic mass is 79.9. The Morgan fingerprint density at radius 3 is 2.42 bits per heavy atom. The molecule has 0 saturated carbocycles. The molecule has 5 rings (SSSR count). The molecule has 0 saturated heterocycles. The van der Waals surface area contributed by atoms with Gasteiger partial charge in [0.1, 0.15) is 0 Å². The van der Waals surface area contributed by atoms with E-state index in [1.54, 1.807) is 30.8 Å². The number of aromatic nitrogens is 1. The van der Waals surface area contributed by atoms with Crippen LogP contribution in [-0.2, 0) is 10.5 Å². The Balaban J connectivity index is 1.73. The number of halogens is 1. The molecule has 0 fully saturated rings. The molecule has 0 unspecified atom stereocenters. The lowest BCUT2D eigenvalue weighted by Gasteiger charge is -2.05. The monoisotopic (exact) mass is 577 g/mol. The lowest BCUT2D eigenvalue weighted by Crippen LogP contribution is -2.06. The average molecular weight is 579 g/mol. The van der Waals surface area contributed by atoms with E-state index in [0.29, 0.717) is 21.4 Å². The summed E-state index contributed by atoms with van der Waals surface area (Å²) in [7, 11) is 0. The third-order valence-corrected chi connectivity index (χ3v) is 9.03. The minimum atomic E-state index is -0.409. The van der Waals surface area contributed by atoms with Crippen molar-refractivity contribution in [2.24, 2.45) is 0 Å². The zero-order valence-electron chi connectivity index (χ0n) is 20.1. The Labute approximate surface area is 226 Å². The molecule has 3 heterocycles. The van der Waals surface area contributed by atoms with E-state index in [-0.39, 0.29) is 12.4 Å². The molecule has 0 spiro atoms. The van der Waals surface area contributed by atoms with Gasteiger partial charge in [0.2, 0.25) is 5.78 Å².